The number of hydrogen-bond acceptors (Lipinski definition) is 4. The third-order valence-corrected chi connectivity index (χ3v) is 4.00. The molecule has 5 nitrogen and oxygen atoms in total. The number of rotatable bonds is 10. The van der Waals surface area contributed by atoms with Gasteiger partial charge in [0, 0.05) is 18.4 Å². The highest BCUT2D eigenvalue weighted by atomic mass is 16.5. The van der Waals surface area contributed by atoms with Crippen LogP contribution in [-0.4, -0.2) is 30.8 Å². The highest BCUT2D eigenvalue weighted by Gasteiger charge is 2.09. The molecule has 1 N–H and O–H groups in total. The molecule has 0 heterocycles. The van der Waals surface area contributed by atoms with E-state index in [0.717, 1.165) is 35.3 Å². The normalized spacial score (nSPS) is 10.3. The van der Waals surface area contributed by atoms with E-state index < -0.39 is 5.97 Å². The van der Waals surface area contributed by atoms with Gasteiger partial charge in [0.05, 0.1) is 13.7 Å². The van der Waals surface area contributed by atoms with Crippen LogP contribution < -0.4 is 4.74 Å². The number of hydrogen-bond donors (Lipinski definition) is 1. The van der Waals surface area contributed by atoms with Crippen LogP contribution in [0.1, 0.15) is 31.2 Å². The van der Waals surface area contributed by atoms with Crippen molar-refractivity contribution in [3.63, 3.8) is 0 Å². The summed E-state index contributed by atoms with van der Waals surface area (Å²) >= 11 is 0. The monoisotopic (exact) mass is 356 g/mol. The predicted octanol–water partition coefficient (Wildman–Crippen LogP) is 4.09. The fraction of sp³-hybridized carbons (Fsp3) is 0.333. The lowest BCUT2D eigenvalue weighted by molar-refractivity contribution is -0.140. The minimum absolute atomic E-state index is 0.0896. The van der Waals surface area contributed by atoms with Crippen LogP contribution in [-0.2, 0) is 20.7 Å². The smallest absolute Gasteiger partial charge is 0.305 e. The Kier molecular flexibility index (Phi) is 7.68. The fourth-order valence-electron chi connectivity index (χ4n) is 2.65. The summed E-state index contributed by atoms with van der Waals surface area (Å²) in [4.78, 5) is 21.9. The Morgan fingerprint density at radius 1 is 1.00 bits per heavy atom. The Labute approximate surface area is 153 Å². The predicted molar refractivity (Wildman–Crippen MR) is 99.2 cm³/mol. The molecular weight excluding hydrogens is 332 g/mol. The van der Waals surface area contributed by atoms with Gasteiger partial charge in [0.25, 0.3) is 0 Å². The molecule has 0 aliphatic heterocycles. The third kappa shape index (κ3) is 6.24. The zero-order valence-electron chi connectivity index (χ0n) is 14.9. The van der Waals surface area contributed by atoms with E-state index in [4.69, 9.17) is 9.84 Å². The molecule has 0 saturated heterocycles. The van der Waals surface area contributed by atoms with Gasteiger partial charge in [0.1, 0.15) is 5.75 Å². The molecule has 0 fully saturated rings. The molecule has 2 aromatic carbocycles. The number of carbonyl (C=O) groups excluding carboxylic acids is 1. The van der Waals surface area contributed by atoms with Gasteiger partial charge in [-0.1, -0.05) is 36.4 Å². The van der Waals surface area contributed by atoms with Crippen molar-refractivity contribution in [2.75, 3.05) is 13.7 Å². The van der Waals surface area contributed by atoms with Crippen molar-refractivity contribution in [3.8, 4) is 16.9 Å². The van der Waals surface area contributed by atoms with Crippen LogP contribution in [0.3, 0.4) is 0 Å². The number of aliphatic carboxylic acids is 1. The summed E-state index contributed by atoms with van der Waals surface area (Å²) in [7, 11) is 1.40. The van der Waals surface area contributed by atoms with Gasteiger partial charge in [-0.25, -0.2) is 0 Å². The van der Waals surface area contributed by atoms with Gasteiger partial charge in [-0.3, -0.25) is 9.59 Å². The van der Waals surface area contributed by atoms with Crippen molar-refractivity contribution in [2.24, 2.45) is 0 Å². The van der Waals surface area contributed by atoms with E-state index >= 15 is 0 Å². The maximum absolute atomic E-state index is 11.3. The molecule has 0 aromatic heterocycles. The second kappa shape index (κ2) is 10.2. The van der Waals surface area contributed by atoms with Crippen LogP contribution in [0, 0.1) is 0 Å². The lowest BCUT2D eigenvalue weighted by Crippen LogP contribution is -2.03. The minimum atomic E-state index is -0.821. The molecule has 0 bridgehead atoms. The topological polar surface area (TPSA) is 72.8 Å². The molecule has 0 aliphatic carbocycles. The van der Waals surface area contributed by atoms with Crippen LogP contribution in [0.2, 0.25) is 0 Å². The van der Waals surface area contributed by atoms with Crippen LogP contribution in [0.4, 0.5) is 0 Å². The Balaban J connectivity index is 2.11. The molecule has 0 aliphatic rings. The molecule has 2 aromatic rings. The molecule has 0 unspecified atom stereocenters. The van der Waals surface area contributed by atoms with Crippen LogP contribution >= 0.6 is 0 Å². The first-order chi connectivity index (χ1) is 12.6. The second-order valence-corrected chi connectivity index (χ2v) is 5.97. The highest BCUT2D eigenvalue weighted by molar-refractivity contribution is 5.71. The Hall–Kier alpha value is -2.82. The summed E-state index contributed by atoms with van der Waals surface area (Å²) < 4.78 is 10.5. The first kappa shape index (κ1) is 19.5. The lowest BCUT2D eigenvalue weighted by atomic mass is 9.99. The summed E-state index contributed by atoms with van der Waals surface area (Å²) in [6.45, 7) is 0.355. The Morgan fingerprint density at radius 2 is 1.77 bits per heavy atom. The first-order valence-electron chi connectivity index (χ1n) is 8.70. The number of carboxylic acids is 1. The van der Waals surface area contributed by atoms with E-state index in [1.54, 1.807) is 0 Å². The van der Waals surface area contributed by atoms with Crippen molar-refractivity contribution in [2.45, 2.75) is 32.1 Å². The van der Waals surface area contributed by atoms with Crippen molar-refractivity contribution < 1.29 is 24.2 Å². The molecule has 0 atom stereocenters. The van der Waals surface area contributed by atoms with E-state index in [1.165, 1.54) is 7.11 Å². The van der Waals surface area contributed by atoms with E-state index in [-0.39, 0.29) is 12.4 Å². The largest absolute Gasteiger partial charge is 0.493 e. The number of esters is 1. The highest BCUT2D eigenvalue weighted by Crippen LogP contribution is 2.31. The SMILES string of the molecule is COC(=O)CCCc1ccc(OCCCC(=O)O)c(-c2ccccc2)c1. The van der Waals surface area contributed by atoms with Gasteiger partial charge in [-0.2, -0.15) is 0 Å². The second-order valence-electron chi connectivity index (χ2n) is 5.97. The summed E-state index contributed by atoms with van der Waals surface area (Å²) in [5.74, 6) is -0.289. The number of benzene rings is 2. The van der Waals surface area contributed by atoms with Crippen LogP contribution in [0.5, 0.6) is 5.75 Å². The van der Waals surface area contributed by atoms with Crippen molar-refractivity contribution >= 4 is 11.9 Å². The standard InChI is InChI=1S/C21H24O5/c1-25-21(24)11-5-7-16-12-13-19(26-14-6-10-20(22)23)18(15-16)17-8-3-2-4-9-17/h2-4,8-9,12-13,15H,5-7,10-11,14H2,1H3,(H,22,23). The van der Waals surface area contributed by atoms with Crippen molar-refractivity contribution in [3.05, 3.63) is 54.1 Å². The Morgan fingerprint density at radius 3 is 2.46 bits per heavy atom. The third-order valence-electron chi connectivity index (χ3n) is 4.00. The van der Waals surface area contributed by atoms with E-state index in [1.807, 2.05) is 42.5 Å². The van der Waals surface area contributed by atoms with Crippen molar-refractivity contribution in [1.29, 1.82) is 0 Å². The fourth-order valence-corrected chi connectivity index (χ4v) is 2.65. The molecule has 2 rings (SSSR count). The molecule has 26 heavy (non-hydrogen) atoms. The van der Waals surface area contributed by atoms with Gasteiger partial charge in [0.2, 0.25) is 0 Å². The zero-order valence-corrected chi connectivity index (χ0v) is 14.9. The molecule has 0 spiro atoms. The molecule has 0 radical (unpaired) electrons. The first-order valence-corrected chi connectivity index (χ1v) is 8.70. The summed E-state index contributed by atoms with van der Waals surface area (Å²) in [6, 6.07) is 15.9. The maximum Gasteiger partial charge on any atom is 0.305 e. The quantitative estimate of drug-likeness (QED) is 0.513. The zero-order chi connectivity index (χ0) is 18.8. The van der Waals surface area contributed by atoms with Crippen molar-refractivity contribution in [1.82, 2.24) is 0 Å². The van der Waals surface area contributed by atoms with Gasteiger partial charge < -0.3 is 14.6 Å². The van der Waals surface area contributed by atoms with Crippen LogP contribution in [0.25, 0.3) is 11.1 Å². The van der Waals surface area contributed by atoms with Gasteiger partial charge in [-0.05, 0) is 42.5 Å². The molecule has 138 valence electrons. The summed E-state index contributed by atoms with van der Waals surface area (Å²) in [5.41, 5.74) is 3.12. The summed E-state index contributed by atoms with van der Waals surface area (Å²) in [5, 5.41) is 8.73. The average Bonchev–Trinajstić information content (AvgIpc) is 2.66. The number of ether oxygens (including phenoxy) is 2. The van der Waals surface area contributed by atoms with Gasteiger partial charge >= 0.3 is 11.9 Å². The average molecular weight is 356 g/mol. The van der Waals surface area contributed by atoms with E-state index in [2.05, 4.69) is 10.8 Å². The lowest BCUT2D eigenvalue weighted by Gasteiger charge is -2.13. The van der Waals surface area contributed by atoms with Crippen LogP contribution in [0.15, 0.2) is 48.5 Å². The molecule has 5 heteroatoms. The minimum Gasteiger partial charge on any atom is -0.493 e. The maximum atomic E-state index is 11.3. The molecule has 0 amide bonds. The number of carboxylic acid groups (broad SMARTS) is 1. The number of aryl methyl sites for hydroxylation is 1. The van der Waals surface area contributed by atoms with E-state index in [9.17, 15) is 9.59 Å². The van der Waals surface area contributed by atoms with Gasteiger partial charge in [0.15, 0.2) is 0 Å². The number of methoxy groups -OCH3 is 1. The van der Waals surface area contributed by atoms with Gasteiger partial charge in [-0.15, -0.1) is 0 Å². The summed E-state index contributed by atoms with van der Waals surface area (Å²) in [6.07, 6.45) is 2.44. The molecule has 0 saturated carbocycles. The number of carbonyl (C=O) groups is 2. The Bertz CT molecular complexity index is 724. The molecular formula is C21H24O5. The van der Waals surface area contributed by atoms with E-state index in [0.29, 0.717) is 19.4 Å².